The topological polar surface area (TPSA) is 36.9 Å². The first-order chi connectivity index (χ1) is 5.33. The first-order valence-electron chi connectivity index (χ1n) is 3.71. The summed E-state index contributed by atoms with van der Waals surface area (Å²) >= 11 is 0. The predicted molar refractivity (Wildman–Crippen MR) is 40.9 cm³/mol. The Labute approximate surface area is 67.9 Å². The molecule has 0 aromatic heterocycles. The van der Waals surface area contributed by atoms with Crippen LogP contribution in [0.25, 0.3) is 0 Å². The van der Waals surface area contributed by atoms with Crippen molar-refractivity contribution in [2.45, 2.75) is 12.8 Å². The number of rotatable bonds is 2. The van der Waals surface area contributed by atoms with Crippen molar-refractivity contribution in [3.05, 3.63) is 0 Å². The van der Waals surface area contributed by atoms with Gasteiger partial charge in [0.05, 0.1) is 0 Å². The SMILES string of the molecule is CO[Si]1(OC)OCCCCO1. The van der Waals surface area contributed by atoms with Crippen molar-refractivity contribution in [1.29, 1.82) is 0 Å². The molecule has 0 aromatic carbocycles. The van der Waals surface area contributed by atoms with Crippen LogP contribution in [0.3, 0.4) is 0 Å². The molecule has 1 rings (SSSR count). The van der Waals surface area contributed by atoms with Gasteiger partial charge in [0.2, 0.25) is 0 Å². The Kier molecular flexibility index (Phi) is 3.47. The highest BCUT2D eigenvalue weighted by Crippen LogP contribution is 2.14. The molecule has 1 fully saturated rings. The third-order valence-electron chi connectivity index (χ3n) is 1.60. The van der Waals surface area contributed by atoms with E-state index in [1.54, 1.807) is 14.2 Å². The standard InChI is InChI=1S/C6H14O4Si/c1-7-11(8-2)9-5-3-4-6-10-11/h3-6H2,1-2H3. The second-order valence-electron chi connectivity index (χ2n) is 2.31. The first kappa shape index (κ1) is 9.15. The van der Waals surface area contributed by atoms with Gasteiger partial charge in [-0.25, -0.2) is 0 Å². The Morgan fingerprint density at radius 3 is 1.82 bits per heavy atom. The summed E-state index contributed by atoms with van der Waals surface area (Å²) in [5.74, 6) is 0. The van der Waals surface area contributed by atoms with Crippen LogP contribution in [0.4, 0.5) is 0 Å². The van der Waals surface area contributed by atoms with Gasteiger partial charge in [-0.05, 0) is 12.8 Å². The zero-order chi connectivity index (χ0) is 8.16. The van der Waals surface area contributed by atoms with E-state index in [2.05, 4.69) is 0 Å². The molecule has 1 aliphatic rings. The fourth-order valence-electron chi connectivity index (χ4n) is 0.959. The lowest BCUT2D eigenvalue weighted by molar-refractivity contribution is 0.00538. The average molecular weight is 178 g/mol. The van der Waals surface area contributed by atoms with Gasteiger partial charge in [0.25, 0.3) is 0 Å². The second-order valence-corrected chi connectivity index (χ2v) is 4.71. The van der Waals surface area contributed by atoms with Crippen LogP contribution in [0, 0.1) is 0 Å². The van der Waals surface area contributed by atoms with E-state index in [-0.39, 0.29) is 0 Å². The molecule has 0 bridgehead atoms. The quantitative estimate of drug-likeness (QED) is 0.578. The lowest BCUT2D eigenvalue weighted by atomic mass is 10.3. The van der Waals surface area contributed by atoms with Crippen molar-refractivity contribution in [1.82, 2.24) is 0 Å². The summed E-state index contributed by atoms with van der Waals surface area (Å²) in [7, 11) is 0.432. The largest absolute Gasteiger partial charge is 0.679 e. The molecule has 0 unspecified atom stereocenters. The minimum atomic E-state index is -2.68. The van der Waals surface area contributed by atoms with Crippen molar-refractivity contribution >= 4 is 9.05 Å². The minimum absolute atomic E-state index is 0.675. The van der Waals surface area contributed by atoms with Gasteiger partial charge in [0.1, 0.15) is 0 Å². The summed E-state index contributed by atoms with van der Waals surface area (Å²) in [6, 6.07) is 0. The minimum Gasteiger partial charge on any atom is -0.355 e. The predicted octanol–water partition coefficient (Wildman–Crippen LogP) is 0.542. The molecule has 0 spiro atoms. The van der Waals surface area contributed by atoms with Crippen LogP contribution in [0.5, 0.6) is 0 Å². The van der Waals surface area contributed by atoms with Gasteiger partial charge < -0.3 is 17.7 Å². The normalized spacial score (nSPS) is 24.5. The van der Waals surface area contributed by atoms with Crippen LogP contribution in [-0.4, -0.2) is 36.5 Å². The highest BCUT2D eigenvalue weighted by atomic mass is 28.4. The van der Waals surface area contributed by atoms with Crippen LogP contribution in [-0.2, 0) is 17.7 Å². The Hall–Kier alpha value is 0.0569. The summed E-state index contributed by atoms with van der Waals surface area (Å²) in [6.07, 6.45) is 2.03. The van der Waals surface area contributed by atoms with Crippen molar-refractivity contribution in [3.8, 4) is 0 Å². The van der Waals surface area contributed by atoms with Gasteiger partial charge in [0.15, 0.2) is 0 Å². The van der Waals surface area contributed by atoms with Crippen LogP contribution >= 0.6 is 0 Å². The van der Waals surface area contributed by atoms with Crippen LogP contribution in [0.15, 0.2) is 0 Å². The second kappa shape index (κ2) is 4.17. The molecule has 11 heavy (non-hydrogen) atoms. The van der Waals surface area contributed by atoms with Crippen LogP contribution in [0.1, 0.15) is 12.8 Å². The zero-order valence-corrected chi connectivity index (χ0v) is 7.96. The van der Waals surface area contributed by atoms with Crippen molar-refractivity contribution < 1.29 is 17.7 Å². The van der Waals surface area contributed by atoms with Crippen molar-refractivity contribution in [3.63, 3.8) is 0 Å². The molecule has 66 valence electrons. The first-order valence-corrected chi connectivity index (χ1v) is 5.34. The van der Waals surface area contributed by atoms with E-state index < -0.39 is 9.05 Å². The zero-order valence-electron chi connectivity index (χ0n) is 6.96. The van der Waals surface area contributed by atoms with E-state index in [1.165, 1.54) is 0 Å². The molecular formula is C6H14O4Si. The number of hydrogen-bond acceptors (Lipinski definition) is 4. The van der Waals surface area contributed by atoms with Gasteiger partial charge in [-0.1, -0.05) is 0 Å². The Bertz CT molecular complexity index is 105. The Morgan fingerprint density at radius 1 is 1.00 bits per heavy atom. The highest BCUT2D eigenvalue weighted by molar-refractivity contribution is 6.53. The fourth-order valence-corrected chi connectivity index (χ4v) is 2.47. The molecule has 0 atom stereocenters. The van der Waals surface area contributed by atoms with Crippen molar-refractivity contribution in [2.75, 3.05) is 27.4 Å². The molecular weight excluding hydrogens is 164 g/mol. The summed E-state index contributed by atoms with van der Waals surface area (Å²) in [5.41, 5.74) is 0. The van der Waals surface area contributed by atoms with Gasteiger partial charge in [-0.2, -0.15) is 0 Å². The molecule has 0 radical (unpaired) electrons. The third kappa shape index (κ3) is 2.24. The Morgan fingerprint density at radius 2 is 1.45 bits per heavy atom. The maximum atomic E-state index is 5.36. The summed E-state index contributed by atoms with van der Waals surface area (Å²) in [5, 5.41) is 0. The molecule has 0 aliphatic carbocycles. The van der Waals surface area contributed by atoms with E-state index in [1.807, 2.05) is 0 Å². The van der Waals surface area contributed by atoms with E-state index in [0.29, 0.717) is 13.2 Å². The third-order valence-corrected chi connectivity index (χ3v) is 3.71. The number of hydrogen-bond donors (Lipinski definition) is 0. The molecule has 0 N–H and O–H groups in total. The van der Waals surface area contributed by atoms with E-state index in [9.17, 15) is 0 Å². The molecule has 0 saturated carbocycles. The van der Waals surface area contributed by atoms with Gasteiger partial charge in [0, 0.05) is 27.4 Å². The molecule has 0 aromatic rings. The molecule has 5 heteroatoms. The molecule has 4 nitrogen and oxygen atoms in total. The van der Waals surface area contributed by atoms with E-state index in [4.69, 9.17) is 17.7 Å². The van der Waals surface area contributed by atoms with E-state index in [0.717, 1.165) is 12.8 Å². The molecule has 1 heterocycles. The lowest BCUT2D eigenvalue weighted by Crippen LogP contribution is -2.46. The van der Waals surface area contributed by atoms with E-state index >= 15 is 0 Å². The maximum Gasteiger partial charge on any atom is 0.679 e. The molecule has 1 aliphatic heterocycles. The maximum absolute atomic E-state index is 5.36. The monoisotopic (exact) mass is 178 g/mol. The van der Waals surface area contributed by atoms with Gasteiger partial charge in [-0.15, -0.1) is 0 Å². The van der Waals surface area contributed by atoms with Crippen LogP contribution in [0.2, 0.25) is 0 Å². The smallest absolute Gasteiger partial charge is 0.355 e. The summed E-state index contributed by atoms with van der Waals surface area (Å²) in [4.78, 5) is 0. The summed E-state index contributed by atoms with van der Waals surface area (Å²) in [6.45, 7) is 1.35. The highest BCUT2D eigenvalue weighted by Gasteiger charge is 2.44. The molecule has 0 amide bonds. The van der Waals surface area contributed by atoms with Gasteiger partial charge in [-0.3, -0.25) is 0 Å². The Balaban J connectivity index is 2.49. The van der Waals surface area contributed by atoms with Crippen molar-refractivity contribution in [2.24, 2.45) is 0 Å². The average Bonchev–Trinajstić information content (AvgIpc) is 2.30. The lowest BCUT2D eigenvalue weighted by Gasteiger charge is -2.21. The molecule has 1 saturated heterocycles. The van der Waals surface area contributed by atoms with Gasteiger partial charge >= 0.3 is 9.05 Å². The fraction of sp³-hybridized carbons (Fsp3) is 1.00. The van der Waals surface area contributed by atoms with Crippen LogP contribution < -0.4 is 0 Å². The summed E-state index contributed by atoms with van der Waals surface area (Å²) < 4.78 is 20.9.